The summed E-state index contributed by atoms with van der Waals surface area (Å²) in [5.74, 6) is 0.923. The molecule has 4 nitrogen and oxygen atoms in total. The first-order valence-corrected chi connectivity index (χ1v) is 7.83. The summed E-state index contributed by atoms with van der Waals surface area (Å²) in [5, 5.41) is 2.51. The topological polar surface area (TPSA) is 37.5 Å². The summed E-state index contributed by atoms with van der Waals surface area (Å²) < 4.78 is 11.3. The number of nitrogens with zero attached hydrogens (tertiary/aromatic N) is 1. The highest BCUT2D eigenvalue weighted by Crippen LogP contribution is 2.28. The molecule has 1 aliphatic heterocycles. The van der Waals surface area contributed by atoms with Gasteiger partial charge in [-0.05, 0) is 18.2 Å². The number of para-hydroxylation sites is 1. The highest BCUT2D eigenvalue weighted by atomic mass is 16.5. The molecule has 0 unspecified atom stereocenters. The van der Waals surface area contributed by atoms with Crippen molar-refractivity contribution in [2.24, 2.45) is 0 Å². The molecule has 1 aromatic heterocycles. The number of aromatic nitrogens is 1. The number of benzene rings is 2. The standard InChI is InChI=1S/C18H20N2O2/c1-2-4-17-15(3-1)16-6-5-14(13-18(16)19-17)22-12-9-20-7-10-21-11-8-20/h1-6,13,19H,7-12H2. The number of aromatic amines is 1. The van der Waals surface area contributed by atoms with Crippen LogP contribution in [-0.4, -0.2) is 49.3 Å². The van der Waals surface area contributed by atoms with E-state index in [4.69, 9.17) is 9.47 Å². The molecule has 0 bridgehead atoms. The van der Waals surface area contributed by atoms with Crippen molar-refractivity contribution in [3.63, 3.8) is 0 Å². The zero-order valence-corrected chi connectivity index (χ0v) is 12.5. The van der Waals surface area contributed by atoms with Gasteiger partial charge in [-0.25, -0.2) is 0 Å². The van der Waals surface area contributed by atoms with Gasteiger partial charge in [-0.15, -0.1) is 0 Å². The number of H-pyrrole nitrogens is 1. The number of ether oxygens (including phenoxy) is 2. The molecule has 0 radical (unpaired) electrons. The molecule has 0 aliphatic carbocycles. The largest absolute Gasteiger partial charge is 0.492 e. The second kappa shape index (κ2) is 5.99. The lowest BCUT2D eigenvalue weighted by Crippen LogP contribution is -2.38. The zero-order chi connectivity index (χ0) is 14.8. The highest BCUT2D eigenvalue weighted by molar-refractivity contribution is 6.07. The minimum atomic E-state index is 0.714. The van der Waals surface area contributed by atoms with Gasteiger partial charge in [0.2, 0.25) is 0 Å². The third kappa shape index (κ3) is 2.67. The molecule has 114 valence electrons. The molecular formula is C18H20N2O2. The summed E-state index contributed by atoms with van der Waals surface area (Å²) in [6.07, 6.45) is 0. The molecule has 0 spiro atoms. The molecule has 3 aromatic rings. The summed E-state index contributed by atoms with van der Waals surface area (Å²) in [7, 11) is 0. The lowest BCUT2D eigenvalue weighted by molar-refractivity contribution is 0.0322. The van der Waals surface area contributed by atoms with Crippen LogP contribution in [0.25, 0.3) is 21.8 Å². The summed E-state index contributed by atoms with van der Waals surface area (Å²) in [5.41, 5.74) is 2.30. The Morgan fingerprint density at radius 3 is 2.73 bits per heavy atom. The number of morpholine rings is 1. The van der Waals surface area contributed by atoms with Gasteiger partial charge in [0, 0.05) is 42.0 Å². The predicted molar refractivity (Wildman–Crippen MR) is 88.6 cm³/mol. The van der Waals surface area contributed by atoms with Crippen LogP contribution < -0.4 is 4.74 Å². The summed E-state index contributed by atoms with van der Waals surface area (Å²) in [6.45, 7) is 5.34. The van der Waals surface area contributed by atoms with Crippen molar-refractivity contribution < 1.29 is 9.47 Å². The van der Waals surface area contributed by atoms with Crippen LogP contribution in [0.4, 0.5) is 0 Å². The van der Waals surface area contributed by atoms with Crippen molar-refractivity contribution in [2.45, 2.75) is 0 Å². The fraction of sp³-hybridized carbons (Fsp3) is 0.333. The minimum Gasteiger partial charge on any atom is -0.492 e. The van der Waals surface area contributed by atoms with E-state index in [1.165, 1.54) is 16.3 Å². The molecule has 22 heavy (non-hydrogen) atoms. The van der Waals surface area contributed by atoms with Gasteiger partial charge in [0.1, 0.15) is 12.4 Å². The Morgan fingerprint density at radius 2 is 1.82 bits per heavy atom. The minimum absolute atomic E-state index is 0.714. The molecule has 0 atom stereocenters. The number of fused-ring (bicyclic) bond motifs is 3. The molecule has 2 heterocycles. The Balaban J connectivity index is 1.46. The first-order chi connectivity index (χ1) is 10.9. The summed E-state index contributed by atoms with van der Waals surface area (Å²) >= 11 is 0. The maximum atomic E-state index is 5.91. The van der Waals surface area contributed by atoms with E-state index in [1.807, 2.05) is 0 Å². The number of rotatable bonds is 4. The molecule has 1 saturated heterocycles. The molecule has 4 heteroatoms. The second-order valence-corrected chi connectivity index (χ2v) is 5.68. The van der Waals surface area contributed by atoms with E-state index in [1.54, 1.807) is 0 Å². The SMILES string of the molecule is c1ccc2c(c1)[nH]c1cc(OCCN3CCOCC3)ccc12. The Bertz CT molecular complexity index is 775. The lowest BCUT2D eigenvalue weighted by atomic mass is 10.1. The van der Waals surface area contributed by atoms with Gasteiger partial charge in [0.15, 0.2) is 0 Å². The van der Waals surface area contributed by atoms with Crippen molar-refractivity contribution >= 4 is 21.8 Å². The van der Waals surface area contributed by atoms with Gasteiger partial charge >= 0.3 is 0 Å². The van der Waals surface area contributed by atoms with Crippen molar-refractivity contribution in [1.29, 1.82) is 0 Å². The number of nitrogens with one attached hydrogen (secondary N) is 1. The molecule has 1 N–H and O–H groups in total. The summed E-state index contributed by atoms with van der Waals surface area (Å²) in [6, 6.07) is 14.7. The Morgan fingerprint density at radius 1 is 1.00 bits per heavy atom. The molecule has 4 rings (SSSR count). The normalized spacial score (nSPS) is 16.4. The van der Waals surface area contributed by atoms with Gasteiger partial charge in [-0.3, -0.25) is 4.90 Å². The molecule has 0 saturated carbocycles. The van der Waals surface area contributed by atoms with Crippen LogP contribution in [0.1, 0.15) is 0 Å². The van der Waals surface area contributed by atoms with Crippen LogP contribution in [-0.2, 0) is 4.74 Å². The third-order valence-corrected chi connectivity index (χ3v) is 4.26. The van der Waals surface area contributed by atoms with Gasteiger partial charge in [-0.1, -0.05) is 18.2 Å². The number of hydrogen-bond donors (Lipinski definition) is 1. The van der Waals surface area contributed by atoms with Crippen molar-refractivity contribution in [1.82, 2.24) is 9.88 Å². The average Bonchev–Trinajstić information content (AvgIpc) is 2.93. The van der Waals surface area contributed by atoms with E-state index >= 15 is 0 Å². The van der Waals surface area contributed by atoms with E-state index in [9.17, 15) is 0 Å². The first kappa shape index (κ1) is 13.6. The van der Waals surface area contributed by atoms with E-state index < -0.39 is 0 Å². The Labute approximate surface area is 129 Å². The smallest absolute Gasteiger partial charge is 0.121 e. The van der Waals surface area contributed by atoms with Crippen molar-refractivity contribution in [3.05, 3.63) is 42.5 Å². The predicted octanol–water partition coefficient (Wildman–Crippen LogP) is 3.03. The van der Waals surface area contributed by atoms with E-state index in [0.717, 1.165) is 44.1 Å². The van der Waals surface area contributed by atoms with Gasteiger partial charge in [0.05, 0.1) is 18.7 Å². The zero-order valence-electron chi connectivity index (χ0n) is 12.5. The van der Waals surface area contributed by atoms with E-state index in [0.29, 0.717) is 6.61 Å². The van der Waals surface area contributed by atoms with Crippen LogP contribution >= 0.6 is 0 Å². The van der Waals surface area contributed by atoms with Gasteiger partial charge < -0.3 is 14.5 Å². The maximum Gasteiger partial charge on any atom is 0.121 e. The third-order valence-electron chi connectivity index (χ3n) is 4.26. The van der Waals surface area contributed by atoms with E-state index in [-0.39, 0.29) is 0 Å². The van der Waals surface area contributed by atoms with Gasteiger partial charge in [0.25, 0.3) is 0 Å². The van der Waals surface area contributed by atoms with Crippen molar-refractivity contribution in [2.75, 3.05) is 39.5 Å². The second-order valence-electron chi connectivity index (χ2n) is 5.68. The summed E-state index contributed by atoms with van der Waals surface area (Å²) in [4.78, 5) is 5.83. The monoisotopic (exact) mass is 296 g/mol. The van der Waals surface area contributed by atoms with Crippen LogP contribution in [0.5, 0.6) is 5.75 Å². The average molecular weight is 296 g/mol. The van der Waals surface area contributed by atoms with Crippen LogP contribution in [0, 0.1) is 0 Å². The highest BCUT2D eigenvalue weighted by Gasteiger charge is 2.10. The molecular weight excluding hydrogens is 276 g/mol. The van der Waals surface area contributed by atoms with Crippen LogP contribution in [0.15, 0.2) is 42.5 Å². The molecule has 0 amide bonds. The fourth-order valence-corrected chi connectivity index (χ4v) is 3.04. The van der Waals surface area contributed by atoms with E-state index in [2.05, 4.69) is 52.3 Å². The Kier molecular flexibility index (Phi) is 3.70. The molecule has 1 aliphatic rings. The lowest BCUT2D eigenvalue weighted by Gasteiger charge is -2.26. The quantitative estimate of drug-likeness (QED) is 0.804. The fourth-order valence-electron chi connectivity index (χ4n) is 3.04. The Hall–Kier alpha value is -2.04. The van der Waals surface area contributed by atoms with Gasteiger partial charge in [-0.2, -0.15) is 0 Å². The first-order valence-electron chi connectivity index (χ1n) is 7.83. The maximum absolute atomic E-state index is 5.91. The molecule has 1 fully saturated rings. The number of hydrogen-bond acceptors (Lipinski definition) is 3. The van der Waals surface area contributed by atoms with Crippen molar-refractivity contribution in [3.8, 4) is 5.75 Å². The molecule has 2 aromatic carbocycles. The van der Waals surface area contributed by atoms with Crippen LogP contribution in [0.2, 0.25) is 0 Å². The van der Waals surface area contributed by atoms with Crippen LogP contribution in [0.3, 0.4) is 0 Å².